The van der Waals surface area contributed by atoms with Crippen molar-refractivity contribution in [2.45, 2.75) is 51.0 Å². The molecule has 2 aromatic heterocycles. The van der Waals surface area contributed by atoms with E-state index >= 15 is 0 Å². The van der Waals surface area contributed by atoms with Crippen molar-refractivity contribution in [2.24, 2.45) is 0 Å². The summed E-state index contributed by atoms with van der Waals surface area (Å²) < 4.78 is 0. The number of nitrogens with zero attached hydrogens (tertiary/aromatic N) is 3. The number of amides is 1. The maximum absolute atomic E-state index is 12.3. The van der Waals surface area contributed by atoms with Crippen LogP contribution in [0.1, 0.15) is 54.3 Å². The number of carbonyl (C=O) groups is 1. The number of carbonyl (C=O) groups excluding carboxylic acids is 1. The fourth-order valence-corrected chi connectivity index (χ4v) is 4.45. The van der Waals surface area contributed by atoms with E-state index in [1.165, 1.54) is 19.3 Å². The highest BCUT2D eigenvalue weighted by Crippen LogP contribution is 2.29. The van der Waals surface area contributed by atoms with Gasteiger partial charge in [-0.15, -0.1) is 11.3 Å². The minimum Gasteiger partial charge on any atom is -0.349 e. The largest absolute Gasteiger partial charge is 0.349 e. The van der Waals surface area contributed by atoms with Crippen LogP contribution in [0, 0.1) is 0 Å². The second-order valence-electron chi connectivity index (χ2n) is 6.89. The van der Waals surface area contributed by atoms with Crippen LogP contribution in [0.15, 0.2) is 23.7 Å². The Morgan fingerprint density at radius 2 is 2.16 bits per heavy atom. The molecule has 0 saturated carbocycles. The number of hydrogen-bond donors (Lipinski definition) is 1. The number of piperidine rings is 1. The highest BCUT2D eigenvalue weighted by molar-refractivity contribution is 7.10. The number of aromatic nitrogens is 2. The Bertz CT molecular complexity index is 725. The molecule has 0 radical (unpaired) electrons. The zero-order valence-corrected chi connectivity index (χ0v) is 15.2. The van der Waals surface area contributed by atoms with Gasteiger partial charge in [0.05, 0.1) is 18.2 Å². The van der Waals surface area contributed by atoms with E-state index in [0.717, 1.165) is 54.4 Å². The molecule has 0 aromatic carbocycles. The molecule has 4 rings (SSSR count). The summed E-state index contributed by atoms with van der Waals surface area (Å²) in [5, 5.41) is 5.19. The van der Waals surface area contributed by atoms with Crippen LogP contribution >= 0.6 is 11.3 Å². The van der Waals surface area contributed by atoms with Gasteiger partial charge in [-0.2, -0.15) is 0 Å². The molecule has 5 nitrogen and oxygen atoms in total. The fraction of sp³-hybridized carbons (Fsp3) is 0.526. The molecule has 1 N–H and O–H groups in total. The smallest absolute Gasteiger partial charge is 0.225 e. The third-order valence-electron chi connectivity index (χ3n) is 5.06. The number of thiophene rings is 1. The molecule has 3 heterocycles. The molecule has 6 heteroatoms. The Labute approximate surface area is 152 Å². The second-order valence-corrected chi connectivity index (χ2v) is 7.92. The van der Waals surface area contributed by atoms with Gasteiger partial charge < -0.3 is 10.2 Å². The molecule has 1 amide bonds. The van der Waals surface area contributed by atoms with Crippen molar-refractivity contribution in [1.82, 2.24) is 15.3 Å². The highest BCUT2D eigenvalue weighted by Gasteiger charge is 2.25. The standard InChI is InChI=1S/C19H24N4OS/c24-18(12-14-6-5-11-25-14)21-16-7-4-8-17-15(16)13-20-19(22-17)23-9-2-1-3-10-23/h5-6,11,13,16H,1-4,7-10,12H2,(H,21,24). The van der Waals surface area contributed by atoms with E-state index in [1.54, 1.807) is 11.3 Å². The van der Waals surface area contributed by atoms with E-state index in [0.29, 0.717) is 6.42 Å². The third-order valence-corrected chi connectivity index (χ3v) is 5.93. The van der Waals surface area contributed by atoms with Crippen molar-refractivity contribution in [3.8, 4) is 0 Å². The molecule has 1 aliphatic carbocycles. The van der Waals surface area contributed by atoms with Crippen molar-refractivity contribution < 1.29 is 4.79 Å². The van der Waals surface area contributed by atoms with E-state index in [4.69, 9.17) is 4.98 Å². The van der Waals surface area contributed by atoms with Gasteiger partial charge in [0.2, 0.25) is 11.9 Å². The summed E-state index contributed by atoms with van der Waals surface area (Å²) in [5.41, 5.74) is 2.22. The first kappa shape index (κ1) is 16.5. The summed E-state index contributed by atoms with van der Waals surface area (Å²) in [4.78, 5) is 25.2. The predicted octanol–water partition coefficient (Wildman–Crippen LogP) is 3.26. The summed E-state index contributed by atoms with van der Waals surface area (Å²) in [5.74, 6) is 0.949. The number of anilines is 1. The molecule has 1 saturated heterocycles. The topological polar surface area (TPSA) is 58.1 Å². The number of rotatable bonds is 4. The normalized spacial score (nSPS) is 20.2. The maximum atomic E-state index is 12.3. The van der Waals surface area contributed by atoms with Crippen LogP contribution < -0.4 is 10.2 Å². The van der Waals surface area contributed by atoms with Crippen LogP contribution in [0.5, 0.6) is 0 Å². The molecule has 1 fully saturated rings. The lowest BCUT2D eigenvalue weighted by Crippen LogP contribution is -2.34. The predicted molar refractivity (Wildman–Crippen MR) is 99.9 cm³/mol. The van der Waals surface area contributed by atoms with Gasteiger partial charge in [0.1, 0.15) is 0 Å². The highest BCUT2D eigenvalue weighted by atomic mass is 32.1. The average molecular weight is 356 g/mol. The van der Waals surface area contributed by atoms with Crippen molar-refractivity contribution in [2.75, 3.05) is 18.0 Å². The van der Waals surface area contributed by atoms with E-state index in [2.05, 4.69) is 15.2 Å². The quantitative estimate of drug-likeness (QED) is 0.913. The first-order chi connectivity index (χ1) is 12.3. The minimum absolute atomic E-state index is 0.0478. The van der Waals surface area contributed by atoms with Gasteiger partial charge >= 0.3 is 0 Å². The minimum atomic E-state index is 0.0478. The van der Waals surface area contributed by atoms with Gasteiger partial charge in [0.15, 0.2) is 0 Å². The van der Waals surface area contributed by atoms with Crippen LogP contribution in [0.4, 0.5) is 5.95 Å². The molecule has 25 heavy (non-hydrogen) atoms. The summed E-state index contributed by atoms with van der Waals surface area (Å²) >= 11 is 1.63. The molecule has 2 aromatic rings. The van der Waals surface area contributed by atoms with E-state index in [9.17, 15) is 4.79 Å². The summed E-state index contributed by atoms with van der Waals surface area (Å²) in [6.07, 6.45) is 9.17. The van der Waals surface area contributed by atoms with Crippen molar-refractivity contribution in [1.29, 1.82) is 0 Å². The van der Waals surface area contributed by atoms with Gasteiger partial charge in [-0.05, 0) is 50.0 Å². The molecule has 1 aliphatic heterocycles. The first-order valence-electron chi connectivity index (χ1n) is 9.22. The Balaban J connectivity index is 1.46. The lowest BCUT2D eigenvalue weighted by molar-refractivity contribution is -0.121. The fourth-order valence-electron chi connectivity index (χ4n) is 3.75. The number of aryl methyl sites for hydroxylation is 1. The van der Waals surface area contributed by atoms with Gasteiger partial charge in [0, 0.05) is 29.7 Å². The summed E-state index contributed by atoms with van der Waals surface area (Å²) in [6.45, 7) is 2.11. The monoisotopic (exact) mass is 356 g/mol. The van der Waals surface area contributed by atoms with E-state index in [-0.39, 0.29) is 11.9 Å². The number of hydrogen-bond acceptors (Lipinski definition) is 5. The van der Waals surface area contributed by atoms with Gasteiger partial charge in [-0.25, -0.2) is 9.97 Å². The van der Waals surface area contributed by atoms with Gasteiger partial charge in [-0.1, -0.05) is 6.07 Å². The number of nitrogens with one attached hydrogen (secondary N) is 1. The Morgan fingerprint density at radius 3 is 2.96 bits per heavy atom. The molecule has 2 aliphatic rings. The van der Waals surface area contributed by atoms with Crippen molar-refractivity contribution in [3.63, 3.8) is 0 Å². The zero-order chi connectivity index (χ0) is 17.1. The van der Waals surface area contributed by atoms with Gasteiger partial charge in [-0.3, -0.25) is 4.79 Å². The lowest BCUT2D eigenvalue weighted by atomic mass is 9.92. The first-order valence-corrected chi connectivity index (χ1v) is 10.1. The summed E-state index contributed by atoms with van der Waals surface area (Å²) in [6, 6.07) is 4.04. The zero-order valence-electron chi connectivity index (χ0n) is 14.4. The molecule has 0 spiro atoms. The number of fused-ring (bicyclic) bond motifs is 1. The molecular weight excluding hydrogens is 332 g/mol. The van der Waals surface area contributed by atoms with Gasteiger partial charge in [0.25, 0.3) is 0 Å². The van der Waals surface area contributed by atoms with Crippen LogP contribution in [0.25, 0.3) is 0 Å². The van der Waals surface area contributed by atoms with Crippen LogP contribution in [-0.4, -0.2) is 29.0 Å². The Morgan fingerprint density at radius 1 is 1.28 bits per heavy atom. The molecule has 1 unspecified atom stereocenters. The SMILES string of the molecule is O=C(Cc1cccs1)NC1CCCc2nc(N3CCCCC3)ncc21. The Hall–Kier alpha value is -1.95. The van der Waals surface area contributed by atoms with Crippen molar-refractivity contribution >= 4 is 23.2 Å². The van der Waals surface area contributed by atoms with E-state index < -0.39 is 0 Å². The third kappa shape index (κ3) is 3.84. The van der Waals surface area contributed by atoms with Crippen LogP contribution in [-0.2, 0) is 17.6 Å². The summed E-state index contributed by atoms with van der Waals surface area (Å²) in [7, 11) is 0. The van der Waals surface area contributed by atoms with Crippen LogP contribution in [0.2, 0.25) is 0 Å². The van der Waals surface area contributed by atoms with Crippen molar-refractivity contribution in [3.05, 3.63) is 39.8 Å². The second kappa shape index (κ2) is 7.52. The molecule has 0 bridgehead atoms. The maximum Gasteiger partial charge on any atom is 0.225 e. The Kier molecular flexibility index (Phi) is 4.97. The molecular formula is C19H24N4OS. The van der Waals surface area contributed by atoms with E-state index in [1.807, 2.05) is 23.7 Å². The molecule has 1 atom stereocenters. The van der Waals surface area contributed by atoms with Crippen LogP contribution in [0.3, 0.4) is 0 Å². The lowest BCUT2D eigenvalue weighted by Gasteiger charge is -2.29. The molecule has 132 valence electrons. The average Bonchev–Trinajstić information content (AvgIpc) is 3.15.